The van der Waals surface area contributed by atoms with E-state index in [1.165, 1.54) is 0 Å². The summed E-state index contributed by atoms with van der Waals surface area (Å²) < 4.78 is 0. The van der Waals surface area contributed by atoms with E-state index in [0.717, 1.165) is 0 Å². The molecule has 9 heavy (non-hydrogen) atoms. The Morgan fingerprint density at radius 2 is 1.22 bits per heavy atom. The molecule has 51 valence electrons. The fraction of sp³-hybridized carbons (Fsp3) is 1.00. The Morgan fingerprint density at radius 1 is 1.00 bits per heavy atom. The van der Waals surface area contributed by atoms with Gasteiger partial charge in [-0.1, -0.05) is 0 Å². The summed E-state index contributed by atoms with van der Waals surface area (Å²) in [6.45, 7) is -1.21. The molecule has 0 saturated heterocycles. The molecular weight excluding hydrogens is 133 g/mol. The Bertz CT molecular complexity index is 58.6. The Labute approximate surface area is 76.0 Å². The third kappa shape index (κ3) is 4.27. The molecule has 0 fully saturated rings. The van der Waals surface area contributed by atoms with Gasteiger partial charge in [0.2, 0.25) is 0 Å². The summed E-state index contributed by atoms with van der Waals surface area (Å²) in [6, 6.07) is 0. The number of hydrogen-bond acceptors (Lipinski definition) is 4. The zero-order valence-corrected chi connectivity index (χ0v) is 7.54. The van der Waals surface area contributed by atoms with Gasteiger partial charge < -0.3 is 21.1 Å². The summed E-state index contributed by atoms with van der Waals surface area (Å²) in [5, 5.41) is 25.0. The molecule has 0 aliphatic heterocycles. The van der Waals surface area contributed by atoms with E-state index in [-0.39, 0.29) is 29.6 Å². The van der Waals surface area contributed by atoms with Crippen LogP contribution in [0, 0.1) is 0 Å². The van der Waals surface area contributed by atoms with Gasteiger partial charge in [0, 0.05) is 29.6 Å². The fourth-order valence-electron chi connectivity index (χ4n) is 0.150. The van der Waals surface area contributed by atoms with Crippen LogP contribution < -0.4 is 5.73 Å². The van der Waals surface area contributed by atoms with Gasteiger partial charge in [-0.05, 0) is 0 Å². The maximum atomic E-state index is 8.34. The predicted molar refractivity (Wildman–Crippen MR) is 33.9 cm³/mol. The third-order valence-corrected chi connectivity index (χ3v) is 0.945. The molecule has 0 aromatic carbocycles. The number of rotatable bonds is 3. The molecule has 0 saturated carbocycles. The van der Waals surface area contributed by atoms with E-state index >= 15 is 0 Å². The van der Waals surface area contributed by atoms with Gasteiger partial charge in [-0.2, -0.15) is 0 Å². The average molecular weight is 144 g/mol. The molecule has 0 aromatic heterocycles. The van der Waals surface area contributed by atoms with E-state index in [0.29, 0.717) is 0 Å². The molecule has 0 bridgehead atoms. The van der Waals surface area contributed by atoms with Crippen molar-refractivity contribution in [1.29, 1.82) is 0 Å². The van der Waals surface area contributed by atoms with Crippen LogP contribution in [0.25, 0.3) is 0 Å². The zero-order chi connectivity index (χ0) is 6.62. The minimum Gasteiger partial charge on any atom is -0.394 e. The van der Waals surface area contributed by atoms with E-state index in [4.69, 9.17) is 21.1 Å². The van der Waals surface area contributed by atoms with Gasteiger partial charge in [-0.15, -0.1) is 0 Å². The zero-order valence-electron chi connectivity index (χ0n) is 5.54. The number of aliphatic hydroxyl groups is 3. The molecule has 5 heteroatoms. The molecule has 0 unspecified atom stereocenters. The first-order chi connectivity index (χ1) is 3.68. The van der Waals surface area contributed by atoms with E-state index in [1.54, 1.807) is 0 Å². The van der Waals surface area contributed by atoms with E-state index < -0.39 is 25.4 Å². The van der Waals surface area contributed by atoms with Crippen LogP contribution in [0.1, 0.15) is 0 Å². The number of nitrogens with two attached hydrogens (primary N) is 1. The predicted octanol–water partition coefficient (Wildman–Crippen LogP) is -2.72. The molecule has 0 amide bonds. The first-order valence-corrected chi connectivity index (χ1v) is 2.30. The molecule has 0 aliphatic rings. The Balaban J connectivity index is 0. The summed E-state index contributed by atoms with van der Waals surface area (Å²) in [4.78, 5) is 0. The fourth-order valence-corrected chi connectivity index (χ4v) is 0.150. The molecule has 0 heterocycles. The van der Waals surface area contributed by atoms with Crippen molar-refractivity contribution in [2.24, 2.45) is 5.73 Å². The molecule has 0 atom stereocenters. The monoisotopic (exact) mass is 144 g/mol. The maximum absolute atomic E-state index is 8.34. The first kappa shape index (κ1) is 12.5. The minimum atomic E-state index is -1.21. The van der Waals surface area contributed by atoms with Crippen LogP contribution in [0.15, 0.2) is 0 Å². The van der Waals surface area contributed by atoms with Gasteiger partial charge in [0.15, 0.2) is 0 Å². The van der Waals surface area contributed by atoms with Gasteiger partial charge in [0.25, 0.3) is 0 Å². The normalized spacial score (nSPS) is 10.7. The van der Waals surface area contributed by atoms with Crippen molar-refractivity contribution in [3.63, 3.8) is 0 Å². The maximum Gasteiger partial charge on any atom is 0.0856 e. The summed E-state index contributed by atoms with van der Waals surface area (Å²) >= 11 is 0. The average Bonchev–Trinajstić information content (AvgIpc) is 1.87. The minimum absolute atomic E-state index is 0. The molecular formula is C4H11NNaO3. The Hall–Kier alpha value is 0.840. The summed E-state index contributed by atoms with van der Waals surface area (Å²) in [6.07, 6.45) is 0. The molecule has 1 radical (unpaired) electrons. The molecule has 0 aliphatic carbocycles. The summed E-state index contributed by atoms with van der Waals surface area (Å²) in [5.41, 5.74) is 3.94. The van der Waals surface area contributed by atoms with Crippen LogP contribution in [0.4, 0.5) is 0 Å². The van der Waals surface area contributed by atoms with Crippen LogP contribution in [0.5, 0.6) is 0 Å². The van der Waals surface area contributed by atoms with Crippen molar-refractivity contribution in [2.75, 3.05) is 19.8 Å². The SMILES string of the molecule is NC(CO)(CO)CO.[Na]. The van der Waals surface area contributed by atoms with Gasteiger partial charge >= 0.3 is 0 Å². The Kier molecular flexibility index (Phi) is 7.80. The second-order valence-corrected chi connectivity index (χ2v) is 1.84. The van der Waals surface area contributed by atoms with Crippen LogP contribution >= 0.6 is 0 Å². The molecule has 5 N–H and O–H groups in total. The van der Waals surface area contributed by atoms with E-state index in [9.17, 15) is 0 Å². The van der Waals surface area contributed by atoms with Crippen molar-refractivity contribution >= 4 is 29.6 Å². The quantitative estimate of drug-likeness (QED) is 0.324. The topological polar surface area (TPSA) is 86.7 Å². The van der Waals surface area contributed by atoms with Gasteiger partial charge in [0.05, 0.1) is 25.4 Å². The second-order valence-electron chi connectivity index (χ2n) is 1.84. The standard InChI is InChI=1S/C4H11NO3.Na/c5-4(1-6,2-7)3-8;/h6-8H,1-3,5H2;. The van der Waals surface area contributed by atoms with Crippen LogP contribution in [-0.4, -0.2) is 70.2 Å². The molecule has 0 rings (SSSR count). The Morgan fingerprint density at radius 3 is 1.22 bits per heavy atom. The van der Waals surface area contributed by atoms with Crippen molar-refractivity contribution in [2.45, 2.75) is 5.54 Å². The van der Waals surface area contributed by atoms with Crippen LogP contribution in [-0.2, 0) is 0 Å². The van der Waals surface area contributed by atoms with Crippen molar-refractivity contribution in [1.82, 2.24) is 0 Å². The third-order valence-electron chi connectivity index (χ3n) is 0.945. The van der Waals surface area contributed by atoms with Crippen LogP contribution in [0.2, 0.25) is 0 Å². The van der Waals surface area contributed by atoms with Crippen molar-refractivity contribution in [3.05, 3.63) is 0 Å². The smallest absolute Gasteiger partial charge is 0.0856 e. The van der Waals surface area contributed by atoms with E-state index in [2.05, 4.69) is 0 Å². The second kappa shape index (κ2) is 5.61. The van der Waals surface area contributed by atoms with Gasteiger partial charge in [-0.3, -0.25) is 0 Å². The molecule has 4 nitrogen and oxygen atoms in total. The molecule has 0 spiro atoms. The number of aliphatic hydroxyl groups excluding tert-OH is 3. The summed E-state index contributed by atoms with van der Waals surface area (Å²) in [5.74, 6) is 0. The number of hydrogen-bond donors (Lipinski definition) is 4. The van der Waals surface area contributed by atoms with E-state index in [1.807, 2.05) is 0 Å². The van der Waals surface area contributed by atoms with Gasteiger partial charge in [-0.25, -0.2) is 0 Å². The van der Waals surface area contributed by atoms with Gasteiger partial charge in [0.1, 0.15) is 0 Å². The van der Waals surface area contributed by atoms with Crippen molar-refractivity contribution in [3.8, 4) is 0 Å². The first-order valence-electron chi connectivity index (χ1n) is 2.30. The van der Waals surface area contributed by atoms with Crippen molar-refractivity contribution < 1.29 is 15.3 Å². The molecule has 0 aromatic rings. The van der Waals surface area contributed by atoms with Crippen LogP contribution in [0.3, 0.4) is 0 Å². The summed E-state index contributed by atoms with van der Waals surface area (Å²) in [7, 11) is 0. The largest absolute Gasteiger partial charge is 0.394 e.